The summed E-state index contributed by atoms with van der Waals surface area (Å²) in [5.74, 6) is 3.18. The third kappa shape index (κ3) is 1.76. The van der Waals surface area contributed by atoms with Crippen molar-refractivity contribution in [1.82, 2.24) is 5.32 Å². The monoisotopic (exact) mass is 181 g/mol. The highest BCUT2D eigenvalue weighted by Gasteiger charge is 2.49. The molecule has 3 atom stereocenters. The lowest BCUT2D eigenvalue weighted by atomic mass is 9.77. The fourth-order valence-electron chi connectivity index (χ4n) is 3.41. The third-order valence-electron chi connectivity index (χ3n) is 4.00. The molecule has 0 radical (unpaired) electrons. The number of nitrogens with one attached hydrogen (secondary N) is 1. The van der Waals surface area contributed by atoms with Crippen molar-refractivity contribution < 1.29 is 0 Å². The van der Waals surface area contributed by atoms with Crippen molar-refractivity contribution in [2.24, 2.45) is 23.2 Å². The Bertz CT molecular complexity index is 182. The molecule has 13 heavy (non-hydrogen) atoms. The van der Waals surface area contributed by atoms with E-state index < -0.39 is 0 Å². The van der Waals surface area contributed by atoms with Gasteiger partial charge in [-0.2, -0.15) is 0 Å². The van der Waals surface area contributed by atoms with Crippen LogP contribution >= 0.6 is 0 Å². The summed E-state index contributed by atoms with van der Waals surface area (Å²) in [5, 5.41) is 3.53. The van der Waals surface area contributed by atoms with Crippen molar-refractivity contribution in [3.63, 3.8) is 0 Å². The van der Waals surface area contributed by atoms with Crippen LogP contribution in [0, 0.1) is 23.2 Å². The maximum atomic E-state index is 3.53. The molecule has 0 amide bonds. The topological polar surface area (TPSA) is 12.0 Å². The molecular weight excluding hydrogens is 158 g/mol. The molecule has 0 aromatic heterocycles. The molecule has 2 aliphatic carbocycles. The van der Waals surface area contributed by atoms with Crippen LogP contribution < -0.4 is 5.32 Å². The molecule has 1 heteroatoms. The lowest BCUT2D eigenvalue weighted by molar-refractivity contribution is 0.194. The van der Waals surface area contributed by atoms with Gasteiger partial charge in [-0.15, -0.1) is 0 Å². The van der Waals surface area contributed by atoms with E-state index in [0.29, 0.717) is 5.41 Å². The van der Waals surface area contributed by atoms with Gasteiger partial charge in [0.15, 0.2) is 0 Å². The van der Waals surface area contributed by atoms with Gasteiger partial charge in [-0.25, -0.2) is 0 Å². The minimum Gasteiger partial charge on any atom is -0.316 e. The van der Waals surface area contributed by atoms with Gasteiger partial charge in [-0.3, -0.25) is 0 Å². The zero-order chi connectivity index (χ0) is 9.64. The molecule has 0 aromatic rings. The molecule has 2 aliphatic rings. The van der Waals surface area contributed by atoms with Gasteiger partial charge in [0.1, 0.15) is 0 Å². The highest BCUT2D eigenvalue weighted by molar-refractivity contribution is 5.01. The zero-order valence-corrected chi connectivity index (χ0v) is 9.43. The highest BCUT2D eigenvalue weighted by Crippen LogP contribution is 2.56. The number of hydrogen-bond donors (Lipinski definition) is 1. The third-order valence-corrected chi connectivity index (χ3v) is 4.00. The fourth-order valence-corrected chi connectivity index (χ4v) is 3.41. The van der Waals surface area contributed by atoms with Gasteiger partial charge in [-0.05, 0) is 49.5 Å². The first-order chi connectivity index (χ1) is 6.02. The highest BCUT2D eigenvalue weighted by atomic mass is 14.9. The summed E-state index contributed by atoms with van der Waals surface area (Å²) < 4.78 is 0. The molecule has 3 unspecified atom stereocenters. The lowest BCUT2D eigenvalue weighted by Crippen LogP contribution is -2.43. The Balaban J connectivity index is 1.97. The summed E-state index contributed by atoms with van der Waals surface area (Å²) in [5.41, 5.74) is 0.427. The Morgan fingerprint density at radius 1 is 1.08 bits per heavy atom. The van der Waals surface area contributed by atoms with Gasteiger partial charge in [-0.1, -0.05) is 20.8 Å². The van der Waals surface area contributed by atoms with E-state index >= 15 is 0 Å². The first-order valence-corrected chi connectivity index (χ1v) is 5.69. The quantitative estimate of drug-likeness (QED) is 0.690. The van der Waals surface area contributed by atoms with E-state index in [1.807, 2.05) is 0 Å². The maximum absolute atomic E-state index is 3.53. The number of fused-ring (bicyclic) bond motifs is 1. The van der Waals surface area contributed by atoms with Crippen molar-refractivity contribution in [3.8, 4) is 0 Å². The van der Waals surface area contributed by atoms with E-state index in [1.165, 1.54) is 19.3 Å². The molecule has 0 aromatic carbocycles. The van der Waals surface area contributed by atoms with Crippen molar-refractivity contribution in [2.75, 3.05) is 7.05 Å². The van der Waals surface area contributed by atoms with Crippen LogP contribution in [0.4, 0.5) is 0 Å². The molecule has 1 N–H and O–H groups in total. The molecule has 2 fully saturated rings. The summed E-state index contributed by atoms with van der Waals surface area (Å²) in [7, 11) is 2.12. The van der Waals surface area contributed by atoms with Crippen LogP contribution in [0.2, 0.25) is 0 Å². The minimum absolute atomic E-state index is 0.427. The van der Waals surface area contributed by atoms with Gasteiger partial charge in [0.25, 0.3) is 0 Å². The minimum atomic E-state index is 0.427. The standard InChI is InChI=1S/C12H23N/c1-12(2,3)11(13-4)10-6-8-5-9(8)7-10/h8-11,13H,5-7H2,1-4H3. The van der Waals surface area contributed by atoms with E-state index in [-0.39, 0.29) is 0 Å². The number of hydrogen-bond acceptors (Lipinski definition) is 1. The van der Waals surface area contributed by atoms with Crippen LogP contribution in [0.25, 0.3) is 0 Å². The molecule has 0 heterocycles. The van der Waals surface area contributed by atoms with Gasteiger partial charge in [0, 0.05) is 6.04 Å². The summed E-state index contributed by atoms with van der Waals surface area (Å²) in [6.07, 6.45) is 4.53. The van der Waals surface area contributed by atoms with Crippen molar-refractivity contribution in [1.29, 1.82) is 0 Å². The Morgan fingerprint density at radius 2 is 1.62 bits per heavy atom. The molecule has 0 spiro atoms. The second kappa shape index (κ2) is 2.98. The van der Waals surface area contributed by atoms with Crippen LogP contribution in [0.1, 0.15) is 40.0 Å². The van der Waals surface area contributed by atoms with Gasteiger partial charge in [0.2, 0.25) is 0 Å². The lowest BCUT2D eigenvalue weighted by Gasteiger charge is -2.36. The molecular formula is C12H23N. The van der Waals surface area contributed by atoms with Crippen LogP contribution in [0.5, 0.6) is 0 Å². The van der Waals surface area contributed by atoms with E-state index in [1.54, 1.807) is 0 Å². The van der Waals surface area contributed by atoms with E-state index in [0.717, 1.165) is 23.8 Å². The molecule has 1 nitrogen and oxygen atoms in total. The van der Waals surface area contributed by atoms with Gasteiger partial charge < -0.3 is 5.32 Å². The Morgan fingerprint density at radius 3 is 2.00 bits per heavy atom. The second-order valence-electron chi connectivity index (χ2n) is 6.12. The summed E-state index contributed by atoms with van der Waals surface area (Å²) in [6, 6.07) is 0.722. The Kier molecular flexibility index (Phi) is 2.18. The second-order valence-corrected chi connectivity index (χ2v) is 6.12. The van der Waals surface area contributed by atoms with Crippen molar-refractivity contribution in [3.05, 3.63) is 0 Å². The summed E-state index contributed by atoms with van der Waals surface area (Å²) in [6.45, 7) is 7.08. The van der Waals surface area contributed by atoms with Crippen molar-refractivity contribution >= 4 is 0 Å². The fraction of sp³-hybridized carbons (Fsp3) is 1.00. The normalized spacial score (nSPS) is 40.2. The van der Waals surface area contributed by atoms with Crippen LogP contribution in [0.3, 0.4) is 0 Å². The molecule has 2 saturated carbocycles. The summed E-state index contributed by atoms with van der Waals surface area (Å²) in [4.78, 5) is 0. The van der Waals surface area contributed by atoms with Gasteiger partial charge in [0.05, 0.1) is 0 Å². The number of rotatable bonds is 2. The SMILES string of the molecule is CNC(C1CC2CC2C1)C(C)(C)C. The Hall–Kier alpha value is -0.0400. The molecule has 0 aliphatic heterocycles. The largest absolute Gasteiger partial charge is 0.316 e. The maximum Gasteiger partial charge on any atom is 0.0141 e. The van der Waals surface area contributed by atoms with E-state index in [9.17, 15) is 0 Å². The van der Waals surface area contributed by atoms with Crippen molar-refractivity contribution in [2.45, 2.75) is 46.1 Å². The molecule has 0 saturated heterocycles. The van der Waals surface area contributed by atoms with E-state index in [4.69, 9.17) is 0 Å². The molecule has 0 bridgehead atoms. The average molecular weight is 181 g/mol. The first kappa shape index (κ1) is 9.51. The summed E-state index contributed by atoms with van der Waals surface area (Å²) >= 11 is 0. The predicted octanol–water partition coefficient (Wildman–Crippen LogP) is 2.67. The first-order valence-electron chi connectivity index (χ1n) is 5.69. The predicted molar refractivity (Wildman–Crippen MR) is 56.6 cm³/mol. The smallest absolute Gasteiger partial charge is 0.0141 e. The zero-order valence-electron chi connectivity index (χ0n) is 9.43. The molecule has 76 valence electrons. The van der Waals surface area contributed by atoms with Gasteiger partial charge >= 0.3 is 0 Å². The van der Waals surface area contributed by atoms with Crippen LogP contribution in [-0.2, 0) is 0 Å². The molecule has 2 rings (SSSR count). The average Bonchev–Trinajstić information content (AvgIpc) is 2.58. The Labute approximate surface area is 82.3 Å². The van der Waals surface area contributed by atoms with Crippen LogP contribution in [-0.4, -0.2) is 13.1 Å². The van der Waals surface area contributed by atoms with E-state index in [2.05, 4.69) is 33.1 Å². The van der Waals surface area contributed by atoms with Crippen LogP contribution in [0.15, 0.2) is 0 Å².